The number of hydrogen-bond acceptors (Lipinski definition) is 2. The largest absolute Gasteiger partial charge is 0.373 e. The van der Waals surface area contributed by atoms with E-state index in [1.54, 1.807) is 0 Å². The molecule has 1 aliphatic rings. The van der Waals surface area contributed by atoms with Gasteiger partial charge in [-0.2, -0.15) is 0 Å². The monoisotopic (exact) mass is 225 g/mol. The van der Waals surface area contributed by atoms with E-state index in [4.69, 9.17) is 16.3 Å². The molecule has 82 valence electrons. The minimum Gasteiger partial charge on any atom is -0.373 e. The molecular formula is C12H16ClNO. The lowest BCUT2D eigenvalue weighted by Gasteiger charge is -2.18. The highest BCUT2D eigenvalue weighted by atomic mass is 35.5. The van der Waals surface area contributed by atoms with Crippen LogP contribution < -0.4 is 5.32 Å². The first-order chi connectivity index (χ1) is 7.31. The number of halogens is 1. The van der Waals surface area contributed by atoms with E-state index in [-0.39, 0.29) is 6.10 Å². The van der Waals surface area contributed by atoms with Crippen molar-refractivity contribution >= 4 is 11.6 Å². The van der Waals surface area contributed by atoms with Crippen LogP contribution in [0.2, 0.25) is 5.02 Å². The molecule has 1 saturated heterocycles. The molecular weight excluding hydrogens is 210 g/mol. The summed E-state index contributed by atoms with van der Waals surface area (Å²) in [5.41, 5.74) is 1.23. The summed E-state index contributed by atoms with van der Waals surface area (Å²) in [5.74, 6) is 0.580. The number of rotatable bonds is 3. The predicted molar refractivity (Wildman–Crippen MR) is 62.2 cm³/mol. The van der Waals surface area contributed by atoms with Gasteiger partial charge in [0.15, 0.2) is 0 Å². The van der Waals surface area contributed by atoms with E-state index in [9.17, 15) is 0 Å². The molecule has 0 saturated carbocycles. The summed E-state index contributed by atoms with van der Waals surface area (Å²) in [7, 11) is 1.98. The Morgan fingerprint density at radius 1 is 1.40 bits per heavy atom. The summed E-state index contributed by atoms with van der Waals surface area (Å²) in [6.07, 6.45) is 1.36. The van der Waals surface area contributed by atoms with Gasteiger partial charge in [-0.25, -0.2) is 0 Å². The highest BCUT2D eigenvalue weighted by Gasteiger charge is 2.28. The Hall–Kier alpha value is -0.570. The van der Waals surface area contributed by atoms with Crippen LogP contribution in [0, 0.1) is 5.92 Å². The fourth-order valence-electron chi connectivity index (χ4n) is 2.13. The third-order valence-corrected chi connectivity index (χ3v) is 3.13. The first kappa shape index (κ1) is 10.9. The van der Waals surface area contributed by atoms with Gasteiger partial charge in [0.1, 0.15) is 0 Å². The molecule has 15 heavy (non-hydrogen) atoms. The summed E-state index contributed by atoms with van der Waals surface area (Å²) in [6.45, 7) is 1.87. The van der Waals surface area contributed by atoms with E-state index in [1.807, 2.05) is 19.2 Å². The molecule has 0 aromatic heterocycles. The lowest BCUT2D eigenvalue weighted by atomic mass is 9.95. The van der Waals surface area contributed by atoms with Crippen LogP contribution in [0.15, 0.2) is 24.3 Å². The van der Waals surface area contributed by atoms with Crippen molar-refractivity contribution in [3.8, 4) is 0 Å². The minimum absolute atomic E-state index is 0.231. The Kier molecular flexibility index (Phi) is 3.62. The number of nitrogens with one attached hydrogen (secondary N) is 1. The fraction of sp³-hybridized carbons (Fsp3) is 0.500. The summed E-state index contributed by atoms with van der Waals surface area (Å²) in [4.78, 5) is 0. The number of benzene rings is 1. The molecule has 1 heterocycles. The average molecular weight is 226 g/mol. The third kappa shape index (κ3) is 2.51. The topological polar surface area (TPSA) is 21.3 Å². The summed E-state index contributed by atoms with van der Waals surface area (Å²) < 4.78 is 5.76. The molecule has 0 aliphatic carbocycles. The number of ether oxygens (including phenoxy) is 1. The van der Waals surface area contributed by atoms with Gasteiger partial charge in [-0.15, -0.1) is 0 Å². The van der Waals surface area contributed by atoms with Crippen molar-refractivity contribution in [3.05, 3.63) is 34.9 Å². The van der Waals surface area contributed by atoms with Crippen molar-refractivity contribution in [2.24, 2.45) is 5.92 Å². The Labute approximate surface area is 95.6 Å². The van der Waals surface area contributed by atoms with Crippen LogP contribution in [0.1, 0.15) is 18.1 Å². The van der Waals surface area contributed by atoms with Gasteiger partial charge in [0.05, 0.1) is 6.10 Å². The second-order valence-corrected chi connectivity index (χ2v) is 4.39. The van der Waals surface area contributed by atoms with Gasteiger partial charge in [-0.1, -0.05) is 23.7 Å². The zero-order valence-electron chi connectivity index (χ0n) is 8.87. The molecule has 2 rings (SSSR count). The van der Waals surface area contributed by atoms with E-state index >= 15 is 0 Å². The van der Waals surface area contributed by atoms with Gasteiger partial charge in [0, 0.05) is 24.1 Å². The van der Waals surface area contributed by atoms with Crippen molar-refractivity contribution < 1.29 is 4.74 Å². The Morgan fingerprint density at radius 2 is 2.13 bits per heavy atom. The summed E-state index contributed by atoms with van der Waals surface area (Å²) >= 11 is 5.86. The molecule has 2 atom stereocenters. The van der Waals surface area contributed by atoms with Crippen LogP contribution in [0.3, 0.4) is 0 Å². The molecule has 3 heteroatoms. The third-order valence-electron chi connectivity index (χ3n) is 2.88. The van der Waals surface area contributed by atoms with Crippen LogP contribution in [0.4, 0.5) is 0 Å². The zero-order valence-corrected chi connectivity index (χ0v) is 9.63. The highest BCUT2D eigenvalue weighted by Crippen LogP contribution is 2.34. The quantitative estimate of drug-likeness (QED) is 0.854. The molecule has 2 nitrogen and oxygen atoms in total. The molecule has 1 N–H and O–H groups in total. The van der Waals surface area contributed by atoms with E-state index in [2.05, 4.69) is 17.4 Å². The lowest BCUT2D eigenvalue weighted by Crippen LogP contribution is -2.21. The normalized spacial score (nSPS) is 25.7. The minimum atomic E-state index is 0.231. The van der Waals surface area contributed by atoms with Gasteiger partial charge < -0.3 is 10.1 Å². The molecule has 0 spiro atoms. The summed E-state index contributed by atoms with van der Waals surface area (Å²) in [5, 5.41) is 3.99. The molecule has 0 radical (unpaired) electrons. The first-order valence-electron chi connectivity index (χ1n) is 5.33. The van der Waals surface area contributed by atoms with Gasteiger partial charge in [0.25, 0.3) is 0 Å². The van der Waals surface area contributed by atoms with Gasteiger partial charge in [-0.05, 0) is 31.2 Å². The van der Waals surface area contributed by atoms with E-state index in [0.29, 0.717) is 5.92 Å². The lowest BCUT2D eigenvalue weighted by molar-refractivity contribution is 0.0910. The Bertz CT molecular complexity index is 312. The molecule has 0 amide bonds. The van der Waals surface area contributed by atoms with Crippen LogP contribution in [0.5, 0.6) is 0 Å². The zero-order chi connectivity index (χ0) is 10.7. The smallest absolute Gasteiger partial charge is 0.0866 e. The van der Waals surface area contributed by atoms with Crippen molar-refractivity contribution in [2.75, 3.05) is 20.2 Å². The van der Waals surface area contributed by atoms with Crippen molar-refractivity contribution in [2.45, 2.75) is 12.5 Å². The molecule has 1 fully saturated rings. The molecule has 2 unspecified atom stereocenters. The van der Waals surface area contributed by atoms with Crippen molar-refractivity contribution in [1.29, 1.82) is 0 Å². The van der Waals surface area contributed by atoms with Crippen LogP contribution in [0.25, 0.3) is 0 Å². The standard InChI is InChI=1S/C12H16ClNO/c1-14-8-10-6-7-15-12(10)9-2-4-11(13)5-3-9/h2-5,10,12,14H,6-8H2,1H3. The van der Waals surface area contributed by atoms with E-state index in [1.165, 1.54) is 5.56 Å². The maximum Gasteiger partial charge on any atom is 0.0866 e. The fourth-order valence-corrected chi connectivity index (χ4v) is 2.25. The molecule has 1 aliphatic heterocycles. The van der Waals surface area contributed by atoms with Gasteiger partial charge in [0.2, 0.25) is 0 Å². The van der Waals surface area contributed by atoms with Crippen molar-refractivity contribution in [1.82, 2.24) is 5.32 Å². The molecule has 1 aromatic carbocycles. The molecule has 0 bridgehead atoms. The second kappa shape index (κ2) is 4.97. The van der Waals surface area contributed by atoms with Gasteiger partial charge in [-0.3, -0.25) is 0 Å². The molecule has 1 aromatic rings. The van der Waals surface area contributed by atoms with Crippen molar-refractivity contribution in [3.63, 3.8) is 0 Å². The maximum absolute atomic E-state index is 5.86. The first-order valence-corrected chi connectivity index (χ1v) is 5.70. The average Bonchev–Trinajstić information content (AvgIpc) is 2.68. The van der Waals surface area contributed by atoms with Gasteiger partial charge >= 0.3 is 0 Å². The highest BCUT2D eigenvalue weighted by molar-refractivity contribution is 6.30. The van der Waals surface area contributed by atoms with Crippen LogP contribution >= 0.6 is 11.6 Å². The second-order valence-electron chi connectivity index (χ2n) is 3.95. The number of hydrogen-bond donors (Lipinski definition) is 1. The maximum atomic E-state index is 5.86. The van der Waals surface area contributed by atoms with E-state index < -0.39 is 0 Å². The Balaban J connectivity index is 2.11. The SMILES string of the molecule is CNCC1CCOC1c1ccc(Cl)cc1. The van der Waals surface area contributed by atoms with E-state index in [0.717, 1.165) is 24.6 Å². The Morgan fingerprint density at radius 3 is 2.80 bits per heavy atom. The van der Waals surface area contributed by atoms with Crippen LogP contribution in [-0.2, 0) is 4.74 Å². The summed E-state index contributed by atoms with van der Waals surface area (Å²) in [6, 6.07) is 7.96. The van der Waals surface area contributed by atoms with Crippen LogP contribution in [-0.4, -0.2) is 20.2 Å². The predicted octanol–water partition coefficient (Wildman–Crippen LogP) is 2.64.